The van der Waals surface area contributed by atoms with Crippen LogP contribution in [0.4, 0.5) is 15.8 Å². The summed E-state index contributed by atoms with van der Waals surface area (Å²) in [5.74, 6) is 0.00699. The lowest BCUT2D eigenvalue weighted by atomic mass is 10.2. The van der Waals surface area contributed by atoms with Gasteiger partial charge in [0.05, 0.1) is 12.8 Å². The number of ether oxygens (including phenoxy) is 1. The van der Waals surface area contributed by atoms with Crippen molar-refractivity contribution in [2.75, 3.05) is 17.7 Å². The zero-order valence-electron chi connectivity index (χ0n) is 11.9. The third-order valence-corrected chi connectivity index (χ3v) is 2.96. The molecule has 2 aromatic carbocycles. The fourth-order valence-corrected chi connectivity index (χ4v) is 1.88. The van der Waals surface area contributed by atoms with Crippen LogP contribution in [0.1, 0.15) is 6.92 Å². The second-order valence-electron chi connectivity index (χ2n) is 4.57. The second kappa shape index (κ2) is 6.74. The number of methoxy groups -OCH3 is 1. The van der Waals surface area contributed by atoms with E-state index in [1.165, 1.54) is 12.1 Å². The Bertz CT molecular complexity index is 631. The van der Waals surface area contributed by atoms with Gasteiger partial charge in [0, 0.05) is 5.69 Å². The molecule has 0 saturated heterocycles. The van der Waals surface area contributed by atoms with E-state index in [-0.39, 0.29) is 5.91 Å². The van der Waals surface area contributed by atoms with E-state index in [1.807, 2.05) is 18.2 Å². The van der Waals surface area contributed by atoms with E-state index in [0.29, 0.717) is 11.4 Å². The first-order chi connectivity index (χ1) is 10.1. The molecule has 0 aliphatic carbocycles. The summed E-state index contributed by atoms with van der Waals surface area (Å²) < 4.78 is 18.3. The molecule has 5 heteroatoms. The summed E-state index contributed by atoms with van der Waals surface area (Å²) in [4.78, 5) is 12.1. The van der Waals surface area contributed by atoms with E-state index in [2.05, 4.69) is 10.6 Å². The first-order valence-electron chi connectivity index (χ1n) is 6.56. The van der Waals surface area contributed by atoms with Crippen molar-refractivity contribution in [1.82, 2.24) is 0 Å². The first kappa shape index (κ1) is 14.8. The minimum atomic E-state index is -0.496. The highest BCUT2D eigenvalue weighted by Crippen LogP contribution is 2.23. The lowest BCUT2D eigenvalue weighted by molar-refractivity contribution is -0.116. The van der Waals surface area contributed by atoms with Crippen LogP contribution in [0.5, 0.6) is 5.75 Å². The van der Waals surface area contributed by atoms with Gasteiger partial charge >= 0.3 is 0 Å². The van der Waals surface area contributed by atoms with E-state index in [1.54, 1.807) is 32.2 Å². The number of nitrogens with one attached hydrogen (secondary N) is 2. The van der Waals surface area contributed by atoms with E-state index < -0.39 is 11.9 Å². The number of amides is 1. The van der Waals surface area contributed by atoms with Crippen LogP contribution in [0.25, 0.3) is 0 Å². The summed E-state index contributed by atoms with van der Waals surface area (Å²) >= 11 is 0. The van der Waals surface area contributed by atoms with Crippen molar-refractivity contribution in [3.05, 3.63) is 54.3 Å². The number of hydrogen-bond donors (Lipinski definition) is 2. The van der Waals surface area contributed by atoms with Gasteiger partial charge in [0.1, 0.15) is 17.6 Å². The predicted octanol–water partition coefficient (Wildman–Crippen LogP) is 3.27. The smallest absolute Gasteiger partial charge is 0.246 e. The molecule has 0 unspecified atom stereocenters. The minimum absolute atomic E-state index is 0.258. The Morgan fingerprint density at radius 1 is 1.19 bits per heavy atom. The minimum Gasteiger partial charge on any atom is -0.495 e. The van der Waals surface area contributed by atoms with Gasteiger partial charge in [-0.25, -0.2) is 4.39 Å². The largest absolute Gasteiger partial charge is 0.495 e. The highest BCUT2D eigenvalue weighted by molar-refractivity contribution is 5.96. The monoisotopic (exact) mass is 288 g/mol. The average molecular weight is 288 g/mol. The number of halogens is 1. The molecule has 4 nitrogen and oxygen atoms in total. The number of hydrogen-bond acceptors (Lipinski definition) is 3. The zero-order valence-corrected chi connectivity index (χ0v) is 11.9. The molecule has 0 heterocycles. The molecule has 2 rings (SSSR count). The van der Waals surface area contributed by atoms with Gasteiger partial charge in [0.25, 0.3) is 0 Å². The van der Waals surface area contributed by atoms with Crippen LogP contribution in [0.2, 0.25) is 0 Å². The number of carbonyl (C=O) groups excluding carboxylic acids is 1. The van der Waals surface area contributed by atoms with Crippen LogP contribution in [0, 0.1) is 5.82 Å². The molecular formula is C16H17FN2O2. The van der Waals surface area contributed by atoms with Gasteiger partial charge < -0.3 is 15.4 Å². The quantitative estimate of drug-likeness (QED) is 0.887. The van der Waals surface area contributed by atoms with Gasteiger partial charge in [-0.2, -0.15) is 0 Å². The van der Waals surface area contributed by atoms with Crippen molar-refractivity contribution in [1.29, 1.82) is 0 Å². The Labute approximate surface area is 122 Å². The third kappa shape index (κ3) is 3.95. The van der Waals surface area contributed by atoms with Crippen LogP contribution in [-0.2, 0) is 4.79 Å². The number of benzene rings is 2. The standard InChI is InChI=1S/C16H17FN2O2/c1-11(18-14-8-3-4-9-15(14)21-2)16(20)19-13-7-5-6-12(17)10-13/h3-11,18H,1-2H3,(H,19,20)/t11-/m1/s1. The molecule has 1 atom stereocenters. The Morgan fingerprint density at radius 2 is 1.95 bits per heavy atom. The second-order valence-corrected chi connectivity index (χ2v) is 4.57. The molecule has 0 aliphatic heterocycles. The van der Waals surface area contributed by atoms with Crippen LogP contribution in [-0.4, -0.2) is 19.1 Å². The summed E-state index contributed by atoms with van der Waals surface area (Å²) in [5.41, 5.74) is 1.15. The molecule has 0 fully saturated rings. The van der Waals surface area contributed by atoms with Gasteiger partial charge in [0.15, 0.2) is 0 Å². The van der Waals surface area contributed by atoms with Crippen molar-refractivity contribution < 1.29 is 13.9 Å². The fourth-order valence-electron chi connectivity index (χ4n) is 1.88. The van der Waals surface area contributed by atoms with Crippen LogP contribution < -0.4 is 15.4 Å². The zero-order chi connectivity index (χ0) is 15.2. The van der Waals surface area contributed by atoms with E-state index in [4.69, 9.17) is 4.74 Å². The molecule has 110 valence electrons. The number of carbonyl (C=O) groups is 1. The number of rotatable bonds is 5. The molecule has 0 bridgehead atoms. The SMILES string of the molecule is COc1ccccc1N[C@H](C)C(=O)Nc1cccc(F)c1. The normalized spacial score (nSPS) is 11.6. The van der Waals surface area contributed by atoms with E-state index in [9.17, 15) is 9.18 Å². The van der Waals surface area contributed by atoms with Crippen LogP contribution in [0.15, 0.2) is 48.5 Å². The van der Waals surface area contributed by atoms with Gasteiger partial charge in [-0.1, -0.05) is 18.2 Å². The summed E-state index contributed by atoms with van der Waals surface area (Å²) in [6.45, 7) is 1.72. The topological polar surface area (TPSA) is 50.4 Å². The van der Waals surface area contributed by atoms with E-state index >= 15 is 0 Å². The highest BCUT2D eigenvalue weighted by Gasteiger charge is 2.14. The predicted molar refractivity (Wildman–Crippen MR) is 81.1 cm³/mol. The Morgan fingerprint density at radius 3 is 2.67 bits per heavy atom. The number of anilines is 2. The average Bonchev–Trinajstić information content (AvgIpc) is 2.47. The maximum Gasteiger partial charge on any atom is 0.246 e. The summed E-state index contributed by atoms with van der Waals surface area (Å²) in [6, 6.07) is 12.6. The lowest BCUT2D eigenvalue weighted by Crippen LogP contribution is -2.32. The fraction of sp³-hybridized carbons (Fsp3) is 0.188. The van der Waals surface area contributed by atoms with Gasteiger partial charge in [-0.15, -0.1) is 0 Å². The molecule has 21 heavy (non-hydrogen) atoms. The van der Waals surface area contributed by atoms with Crippen molar-refractivity contribution >= 4 is 17.3 Å². The molecule has 1 amide bonds. The third-order valence-electron chi connectivity index (χ3n) is 2.96. The molecular weight excluding hydrogens is 271 g/mol. The summed E-state index contributed by atoms with van der Waals surface area (Å²) in [5, 5.41) is 5.72. The Balaban J connectivity index is 2.02. The molecule has 0 spiro atoms. The van der Waals surface area contributed by atoms with Crippen LogP contribution >= 0.6 is 0 Å². The Hall–Kier alpha value is -2.56. The van der Waals surface area contributed by atoms with Crippen LogP contribution in [0.3, 0.4) is 0 Å². The van der Waals surface area contributed by atoms with Crippen molar-refractivity contribution in [2.24, 2.45) is 0 Å². The lowest BCUT2D eigenvalue weighted by Gasteiger charge is -2.17. The van der Waals surface area contributed by atoms with Crippen molar-refractivity contribution in [3.8, 4) is 5.75 Å². The molecule has 0 radical (unpaired) electrons. The van der Waals surface area contributed by atoms with Crippen molar-refractivity contribution in [3.63, 3.8) is 0 Å². The van der Waals surface area contributed by atoms with E-state index in [0.717, 1.165) is 5.69 Å². The van der Waals surface area contributed by atoms with Gasteiger partial charge in [0.2, 0.25) is 5.91 Å². The Kier molecular flexibility index (Phi) is 4.77. The van der Waals surface area contributed by atoms with Gasteiger partial charge in [-0.3, -0.25) is 4.79 Å². The molecule has 0 aromatic heterocycles. The highest BCUT2D eigenvalue weighted by atomic mass is 19.1. The van der Waals surface area contributed by atoms with Gasteiger partial charge in [-0.05, 0) is 37.3 Å². The molecule has 2 N–H and O–H groups in total. The maximum absolute atomic E-state index is 13.1. The number of para-hydroxylation sites is 2. The summed E-state index contributed by atoms with van der Waals surface area (Å²) in [7, 11) is 1.57. The molecule has 0 aliphatic rings. The first-order valence-corrected chi connectivity index (χ1v) is 6.56. The maximum atomic E-state index is 13.1. The molecule has 2 aromatic rings. The van der Waals surface area contributed by atoms with Crippen molar-refractivity contribution in [2.45, 2.75) is 13.0 Å². The molecule has 0 saturated carbocycles. The summed E-state index contributed by atoms with van der Waals surface area (Å²) in [6.07, 6.45) is 0.